The Hall–Kier alpha value is -1.35. The molecule has 0 aliphatic rings. The van der Waals surface area contributed by atoms with Crippen molar-refractivity contribution in [3.8, 4) is 0 Å². The van der Waals surface area contributed by atoms with Gasteiger partial charge in [-0.1, -0.05) is 30.3 Å². The van der Waals surface area contributed by atoms with E-state index in [0.717, 1.165) is 9.37 Å². The molecule has 8 heteroatoms. The quantitative estimate of drug-likeness (QED) is 0.462. The molecule has 2 aromatic rings. The molecule has 134 valence electrons. The van der Waals surface area contributed by atoms with E-state index in [1.54, 1.807) is 30.0 Å². The SMILES string of the molecule is O=C(CCSc1ccccc1Br)NCCNS(=O)(=O)c1ccccc1. The highest BCUT2D eigenvalue weighted by atomic mass is 79.9. The molecule has 2 aromatic carbocycles. The van der Waals surface area contributed by atoms with Crippen molar-refractivity contribution in [1.82, 2.24) is 10.0 Å². The highest BCUT2D eigenvalue weighted by Gasteiger charge is 2.12. The molecule has 5 nitrogen and oxygen atoms in total. The molecule has 2 N–H and O–H groups in total. The van der Waals surface area contributed by atoms with Gasteiger partial charge in [0.05, 0.1) is 4.90 Å². The zero-order chi connectivity index (χ0) is 18.1. The molecule has 0 saturated heterocycles. The van der Waals surface area contributed by atoms with E-state index in [2.05, 4.69) is 26.0 Å². The third-order valence-corrected chi connectivity index (χ3v) is 6.72. The Morgan fingerprint density at radius 3 is 2.40 bits per heavy atom. The van der Waals surface area contributed by atoms with E-state index in [4.69, 9.17) is 0 Å². The second kappa shape index (κ2) is 9.96. The van der Waals surface area contributed by atoms with Crippen LogP contribution in [0.15, 0.2) is 68.9 Å². The number of nitrogens with one attached hydrogen (secondary N) is 2. The number of thioether (sulfide) groups is 1. The average molecular weight is 443 g/mol. The van der Waals surface area contributed by atoms with Crippen LogP contribution in [-0.4, -0.2) is 33.2 Å². The van der Waals surface area contributed by atoms with E-state index in [-0.39, 0.29) is 23.9 Å². The monoisotopic (exact) mass is 442 g/mol. The molecule has 0 saturated carbocycles. The smallest absolute Gasteiger partial charge is 0.240 e. The molecule has 0 heterocycles. The zero-order valence-corrected chi connectivity index (χ0v) is 16.7. The topological polar surface area (TPSA) is 75.3 Å². The molecule has 0 aromatic heterocycles. The van der Waals surface area contributed by atoms with Gasteiger partial charge in [0.1, 0.15) is 0 Å². The molecule has 0 radical (unpaired) electrons. The van der Waals surface area contributed by atoms with E-state index in [1.165, 1.54) is 12.1 Å². The molecule has 0 atom stereocenters. The van der Waals surface area contributed by atoms with Gasteiger partial charge in [0.15, 0.2) is 0 Å². The normalized spacial score (nSPS) is 11.2. The highest BCUT2D eigenvalue weighted by molar-refractivity contribution is 9.10. The largest absolute Gasteiger partial charge is 0.355 e. The van der Waals surface area contributed by atoms with Crippen LogP contribution in [-0.2, 0) is 14.8 Å². The van der Waals surface area contributed by atoms with Gasteiger partial charge < -0.3 is 5.32 Å². The molecular weight excluding hydrogens is 424 g/mol. The summed E-state index contributed by atoms with van der Waals surface area (Å²) in [6.07, 6.45) is 0.372. The van der Waals surface area contributed by atoms with Crippen LogP contribution >= 0.6 is 27.7 Å². The first-order chi connectivity index (χ1) is 12.0. The van der Waals surface area contributed by atoms with Gasteiger partial charge in [0.25, 0.3) is 0 Å². The molecular formula is C17H19BrN2O3S2. The first-order valence-corrected chi connectivity index (χ1v) is 10.9. The number of hydrogen-bond donors (Lipinski definition) is 2. The van der Waals surface area contributed by atoms with Crippen LogP contribution in [0, 0.1) is 0 Å². The number of sulfonamides is 1. The number of hydrogen-bond acceptors (Lipinski definition) is 4. The second-order valence-corrected chi connectivity index (χ2v) is 8.85. The van der Waals surface area contributed by atoms with Crippen LogP contribution in [0.3, 0.4) is 0 Å². The maximum atomic E-state index is 12.0. The Bertz CT molecular complexity index is 799. The van der Waals surface area contributed by atoms with Gasteiger partial charge in [0, 0.05) is 34.6 Å². The first-order valence-electron chi connectivity index (χ1n) is 7.68. The summed E-state index contributed by atoms with van der Waals surface area (Å²) in [5.74, 6) is 0.558. The van der Waals surface area contributed by atoms with E-state index in [1.807, 2.05) is 24.3 Å². The third-order valence-electron chi connectivity index (χ3n) is 3.22. The average Bonchev–Trinajstić information content (AvgIpc) is 2.61. The highest BCUT2D eigenvalue weighted by Crippen LogP contribution is 2.27. The lowest BCUT2D eigenvalue weighted by Gasteiger charge is -2.08. The molecule has 0 bridgehead atoms. The predicted molar refractivity (Wildman–Crippen MR) is 104 cm³/mol. The maximum absolute atomic E-state index is 12.0. The van der Waals surface area contributed by atoms with Gasteiger partial charge in [-0.3, -0.25) is 4.79 Å². The molecule has 1 amide bonds. The third kappa shape index (κ3) is 6.81. The number of rotatable bonds is 9. The Morgan fingerprint density at radius 2 is 1.68 bits per heavy atom. The molecule has 2 rings (SSSR count). The summed E-state index contributed by atoms with van der Waals surface area (Å²) in [5, 5.41) is 2.72. The summed E-state index contributed by atoms with van der Waals surface area (Å²) in [6.45, 7) is 0.408. The first kappa shape index (κ1) is 20.0. The van der Waals surface area contributed by atoms with Crippen LogP contribution in [0.4, 0.5) is 0 Å². The number of halogens is 1. The van der Waals surface area contributed by atoms with Gasteiger partial charge in [-0.05, 0) is 40.2 Å². The molecule has 25 heavy (non-hydrogen) atoms. The standard InChI is InChI=1S/C17H19BrN2O3S2/c18-15-8-4-5-9-16(15)24-13-10-17(21)19-11-12-20-25(22,23)14-6-2-1-3-7-14/h1-9,20H,10-13H2,(H,19,21). The van der Waals surface area contributed by atoms with Gasteiger partial charge >= 0.3 is 0 Å². The van der Waals surface area contributed by atoms with E-state index < -0.39 is 10.0 Å². The van der Waals surface area contributed by atoms with Crippen LogP contribution in [0.2, 0.25) is 0 Å². The number of carbonyl (C=O) groups excluding carboxylic acids is 1. The fraction of sp³-hybridized carbons (Fsp3) is 0.235. The predicted octanol–water partition coefficient (Wildman–Crippen LogP) is 3.03. The zero-order valence-electron chi connectivity index (χ0n) is 13.4. The van der Waals surface area contributed by atoms with Gasteiger partial charge in [-0.25, -0.2) is 13.1 Å². The summed E-state index contributed by atoms with van der Waals surface area (Å²) in [7, 11) is -3.53. The Kier molecular flexibility index (Phi) is 7.95. The van der Waals surface area contributed by atoms with Crippen molar-refractivity contribution in [3.05, 3.63) is 59.1 Å². The van der Waals surface area contributed by atoms with Crippen LogP contribution in [0.25, 0.3) is 0 Å². The van der Waals surface area contributed by atoms with E-state index in [9.17, 15) is 13.2 Å². The van der Waals surface area contributed by atoms with Crippen molar-refractivity contribution < 1.29 is 13.2 Å². The van der Waals surface area contributed by atoms with Gasteiger partial charge in [0.2, 0.25) is 15.9 Å². The minimum absolute atomic E-state index is 0.0986. The minimum atomic E-state index is -3.53. The molecule has 0 spiro atoms. The minimum Gasteiger partial charge on any atom is -0.355 e. The lowest BCUT2D eigenvalue weighted by molar-refractivity contribution is -0.120. The van der Waals surface area contributed by atoms with Crippen molar-refractivity contribution in [3.63, 3.8) is 0 Å². The van der Waals surface area contributed by atoms with Crippen molar-refractivity contribution >= 4 is 43.6 Å². The number of amides is 1. The van der Waals surface area contributed by atoms with Crippen molar-refractivity contribution in [2.75, 3.05) is 18.8 Å². The fourth-order valence-electron chi connectivity index (χ4n) is 1.97. The molecule has 0 aliphatic heterocycles. The number of carbonyl (C=O) groups is 1. The molecule has 0 fully saturated rings. The summed E-state index contributed by atoms with van der Waals surface area (Å²) in [6, 6.07) is 16.0. The lowest BCUT2D eigenvalue weighted by Crippen LogP contribution is -2.34. The number of benzene rings is 2. The van der Waals surface area contributed by atoms with Crippen molar-refractivity contribution in [2.24, 2.45) is 0 Å². The Labute approximate surface area is 160 Å². The van der Waals surface area contributed by atoms with Gasteiger partial charge in [-0.2, -0.15) is 0 Å². The maximum Gasteiger partial charge on any atom is 0.240 e. The lowest BCUT2D eigenvalue weighted by atomic mass is 10.4. The van der Waals surface area contributed by atoms with Crippen molar-refractivity contribution in [1.29, 1.82) is 0 Å². The summed E-state index contributed by atoms with van der Waals surface area (Å²) < 4.78 is 27.5. The van der Waals surface area contributed by atoms with Gasteiger partial charge in [-0.15, -0.1) is 11.8 Å². The fourth-order valence-corrected chi connectivity index (χ4v) is 4.54. The van der Waals surface area contributed by atoms with Crippen LogP contribution in [0.5, 0.6) is 0 Å². The second-order valence-electron chi connectivity index (χ2n) is 5.09. The van der Waals surface area contributed by atoms with Crippen molar-refractivity contribution in [2.45, 2.75) is 16.2 Å². The summed E-state index contributed by atoms with van der Waals surface area (Å²) in [4.78, 5) is 13.1. The van der Waals surface area contributed by atoms with E-state index >= 15 is 0 Å². The molecule has 0 aliphatic carbocycles. The Morgan fingerprint density at radius 1 is 1.00 bits per heavy atom. The Balaban J connectivity index is 1.65. The van der Waals surface area contributed by atoms with Crippen LogP contribution < -0.4 is 10.0 Å². The van der Waals surface area contributed by atoms with Crippen LogP contribution in [0.1, 0.15) is 6.42 Å². The summed E-state index contributed by atoms with van der Waals surface area (Å²) in [5.41, 5.74) is 0. The van der Waals surface area contributed by atoms with E-state index in [0.29, 0.717) is 12.2 Å². The molecule has 0 unspecified atom stereocenters. The summed E-state index contributed by atoms with van der Waals surface area (Å²) >= 11 is 5.06.